The highest BCUT2D eigenvalue weighted by Crippen LogP contribution is 2.29. The molecule has 0 aliphatic carbocycles. The normalized spacial score (nSPS) is 11.9. The lowest BCUT2D eigenvalue weighted by Crippen LogP contribution is -2.03. The minimum absolute atomic E-state index is 0.0729. The molecule has 0 saturated carbocycles. The number of rotatable bonds is 1. The maximum atomic E-state index is 5.18. The first kappa shape index (κ1) is 6.82. The van der Waals surface area contributed by atoms with E-state index in [4.69, 9.17) is 4.42 Å². The smallest absolute Gasteiger partial charge is 0.113 e. The van der Waals surface area contributed by atoms with Crippen molar-refractivity contribution in [1.82, 2.24) is 0 Å². The van der Waals surface area contributed by atoms with Crippen molar-refractivity contribution in [2.45, 2.75) is 19.0 Å². The second kappa shape index (κ2) is 2.15. The van der Waals surface area contributed by atoms with E-state index < -0.39 is 0 Å². The van der Waals surface area contributed by atoms with Gasteiger partial charge in [0.05, 0.1) is 6.26 Å². The van der Waals surface area contributed by atoms with Crippen LogP contribution >= 0.6 is 9.24 Å². The van der Waals surface area contributed by atoms with Gasteiger partial charge in [-0.2, -0.15) is 0 Å². The summed E-state index contributed by atoms with van der Waals surface area (Å²) in [6.45, 7) is 4.19. The quantitative estimate of drug-likeness (QED) is 0.549. The minimum atomic E-state index is 0.0729. The maximum Gasteiger partial charge on any atom is 0.113 e. The van der Waals surface area contributed by atoms with Crippen molar-refractivity contribution < 1.29 is 4.42 Å². The monoisotopic (exact) mass is 142 g/mol. The van der Waals surface area contributed by atoms with Crippen molar-refractivity contribution in [1.29, 1.82) is 0 Å². The Balaban J connectivity index is 2.90. The molecule has 0 aromatic carbocycles. The molecule has 1 rings (SSSR count). The number of furan rings is 1. The largest absolute Gasteiger partial charge is 0.468 e. The number of hydrogen-bond acceptors (Lipinski definition) is 1. The molecule has 0 saturated heterocycles. The van der Waals surface area contributed by atoms with Crippen LogP contribution in [0.25, 0.3) is 0 Å². The molecule has 50 valence electrons. The van der Waals surface area contributed by atoms with Crippen LogP contribution in [0.1, 0.15) is 19.6 Å². The van der Waals surface area contributed by atoms with Gasteiger partial charge < -0.3 is 4.42 Å². The summed E-state index contributed by atoms with van der Waals surface area (Å²) >= 11 is 0. The van der Waals surface area contributed by atoms with Crippen LogP contribution in [0.5, 0.6) is 0 Å². The molecular formula is C7H11OP. The van der Waals surface area contributed by atoms with Crippen molar-refractivity contribution in [3.63, 3.8) is 0 Å². The Morgan fingerprint density at radius 3 is 2.44 bits per heavy atom. The zero-order chi connectivity index (χ0) is 6.91. The summed E-state index contributed by atoms with van der Waals surface area (Å²) in [5.41, 5.74) is 0. The van der Waals surface area contributed by atoms with E-state index >= 15 is 0 Å². The van der Waals surface area contributed by atoms with Crippen LogP contribution in [0.15, 0.2) is 22.8 Å². The topological polar surface area (TPSA) is 13.1 Å². The molecule has 0 aliphatic heterocycles. The average molecular weight is 142 g/mol. The molecule has 1 heterocycles. The zero-order valence-corrected chi connectivity index (χ0v) is 6.87. The molecule has 0 amide bonds. The van der Waals surface area contributed by atoms with Crippen LogP contribution in [0.4, 0.5) is 0 Å². The van der Waals surface area contributed by atoms with Crippen LogP contribution in [0, 0.1) is 0 Å². The van der Waals surface area contributed by atoms with E-state index in [9.17, 15) is 0 Å². The fourth-order valence-corrected chi connectivity index (χ4v) is 0.809. The third kappa shape index (κ3) is 1.56. The first-order chi connectivity index (χ1) is 4.11. The van der Waals surface area contributed by atoms with Crippen LogP contribution in [0.2, 0.25) is 0 Å². The van der Waals surface area contributed by atoms with E-state index in [1.54, 1.807) is 6.26 Å². The van der Waals surface area contributed by atoms with Gasteiger partial charge in [0.1, 0.15) is 5.76 Å². The van der Waals surface area contributed by atoms with E-state index in [2.05, 4.69) is 23.1 Å². The van der Waals surface area contributed by atoms with Gasteiger partial charge >= 0.3 is 0 Å². The lowest BCUT2D eigenvalue weighted by molar-refractivity contribution is 0.468. The summed E-state index contributed by atoms with van der Waals surface area (Å²) in [6.07, 6.45) is 1.70. The van der Waals surface area contributed by atoms with Crippen molar-refractivity contribution in [2.24, 2.45) is 0 Å². The van der Waals surface area contributed by atoms with Gasteiger partial charge in [-0.15, -0.1) is 9.24 Å². The van der Waals surface area contributed by atoms with Crippen LogP contribution in [-0.2, 0) is 5.16 Å². The van der Waals surface area contributed by atoms with Gasteiger partial charge in [-0.3, -0.25) is 0 Å². The molecule has 1 nitrogen and oxygen atoms in total. The molecule has 9 heavy (non-hydrogen) atoms. The molecule has 0 fully saturated rings. The van der Waals surface area contributed by atoms with E-state index in [1.165, 1.54) is 0 Å². The first-order valence-corrected chi connectivity index (χ1v) is 3.51. The summed E-state index contributed by atoms with van der Waals surface area (Å²) in [6, 6.07) is 3.88. The standard InChI is InChI=1S/C7H11OP/c1-7(2,9)6-4-3-5-8-6/h3-5H,9H2,1-2H3. The molecular weight excluding hydrogens is 131 g/mol. The molecule has 0 spiro atoms. The van der Waals surface area contributed by atoms with Gasteiger partial charge in [0.2, 0.25) is 0 Å². The van der Waals surface area contributed by atoms with Crippen LogP contribution < -0.4 is 0 Å². The molecule has 1 aromatic rings. The third-order valence-corrected chi connectivity index (χ3v) is 1.44. The first-order valence-electron chi connectivity index (χ1n) is 2.93. The highest BCUT2D eigenvalue weighted by Gasteiger charge is 2.15. The molecule has 2 heteroatoms. The lowest BCUT2D eigenvalue weighted by Gasteiger charge is -2.13. The maximum absolute atomic E-state index is 5.18. The highest BCUT2D eigenvalue weighted by atomic mass is 31.0. The molecule has 0 aliphatic rings. The highest BCUT2D eigenvalue weighted by molar-refractivity contribution is 7.18. The predicted molar refractivity (Wildman–Crippen MR) is 41.4 cm³/mol. The molecule has 1 atom stereocenters. The Hall–Kier alpha value is -0.290. The van der Waals surface area contributed by atoms with Crippen molar-refractivity contribution >= 4 is 9.24 Å². The Kier molecular flexibility index (Phi) is 1.63. The van der Waals surface area contributed by atoms with Gasteiger partial charge in [-0.05, 0) is 26.0 Å². The Labute approximate surface area is 57.7 Å². The molecule has 0 radical (unpaired) electrons. The zero-order valence-electron chi connectivity index (χ0n) is 5.72. The second-order valence-corrected chi connectivity index (χ2v) is 4.14. The van der Waals surface area contributed by atoms with E-state index in [0.717, 1.165) is 5.76 Å². The van der Waals surface area contributed by atoms with Crippen molar-refractivity contribution in [2.75, 3.05) is 0 Å². The Morgan fingerprint density at radius 2 is 2.22 bits per heavy atom. The molecule has 0 N–H and O–H groups in total. The van der Waals surface area contributed by atoms with E-state index in [1.807, 2.05) is 12.1 Å². The Bertz CT molecular complexity index is 171. The van der Waals surface area contributed by atoms with Crippen LogP contribution in [-0.4, -0.2) is 0 Å². The van der Waals surface area contributed by atoms with Crippen molar-refractivity contribution in [3.8, 4) is 0 Å². The van der Waals surface area contributed by atoms with Crippen LogP contribution in [0.3, 0.4) is 0 Å². The Morgan fingerprint density at radius 1 is 1.56 bits per heavy atom. The van der Waals surface area contributed by atoms with E-state index in [-0.39, 0.29) is 5.16 Å². The molecule has 1 aromatic heterocycles. The number of hydrogen-bond donors (Lipinski definition) is 0. The SMILES string of the molecule is CC(C)(P)c1ccco1. The van der Waals surface area contributed by atoms with E-state index in [0.29, 0.717) is 0 Å². The molecule has 0 bridgehead atoms. The third-order valence-electron chi connectivity index (χ3n) is 1.16. The minimum Gasteiger partial charge on any atom is -0.468 e. The second-order valence-electron chi connectivity index (χ2n) is 2.70. The summed E-state index contributed by atoms with van der Waals surface area (Å²) in [7, 11) is 2.73. The molecule has 1 unspecified atom stereocenters. The summed E-state index contributed by atoms with van der Waals surface area (Å²) in [4.78, 5) is 0. The van der Waals surface area contributed by atoms with Crippen molar-refractivity contribution in [3.05, 3.63) is 24.2 Å². The lowest BCUT2D eigenvalue weighted by atomic mass is 10.1. The summed E-state index contributed by atoms with van der Waals surface area (Å²) < 4.78 is 5.18. The van der Waals surface area contributed by atoms with Gasteiger partial charge in [0.15, 0.2) is 0 Å². The fraction of sp³-hybridized carbons (Fsp3) is 0.429. The predicted octanol–water partition coefficient (Wildman–Crippen LogP) is 2.39. The van der Waals surface area contributed by atoms with Gasteiger partial charge in [-0.25, -0.2) is 0 Å². The van der Waals surface area contributed by atoms with Gasteiger partial charge in [0.25, 0.3) is 0 Å². The van der Waals surface area contributed by atoms with Gasteiger partial charge in [-0.1, -0.05) is 0 Å². The fourth-order valence-electron chi connectivity index (χ4n) is 0.645. The average Bonchev–Trinajstić information content (AvgIpc) is 2.08. The summed E-state index contributed by atoms with van der Waals surface area (Å²) in [5.74, 6) is 1.01. The van der Waals surface area contributed by atoms with Gasteiger partial charge in [0, 0.05) is 5.16 Å². The summed E-state index contributed by atoms with van der Waals surface area (Å²) in [5, 5.41) is 0.0729.